The van der Waals surface area contributed by atoms with Crippen LogP contribution in [0.3, 0.4) is 0 Å². The van der Waals surface area contributed by atoms with E-state index in [0.717, 1.165) is 0 Å². The van der Waals surface area contributed by atoms with Crippen molar-refractivity contribution < 1.29 is 10.2 Å². The lowest BCUT2D eigenvalue weighted by Crippen LogP contribution is -2.42. The molecule has 0 aliphatic heterocycles. The molecule has 1 heterocycles. The number of nitrogens with one attached hydrogen (secondary N) is 2. The second kappa shape index (κ2) is 5.65. The summed E-state index contributed by atoms with van der Waals surface area (Å²) in [7, 11) is 0. The normalized spacial score (nSPS) is 11.3. The van der Waals surface area contributed by atoms with Gasteiger partial charge in [-0.2, -0.15) is 9.97 Å². The lowest BCUT2D eigenvalue weighted by atomic mass is 10.1. The number of aromatic nitrogens is 2. The first-order chi connectivity index (χ1) is 8.03. The molecule has 6 N–H and O–H groups in total. The lowest BCUT2D eigenvalue weighted by molar-refractivity contribution is 0.147. The summed E-state index contributed by atoms with van der Waals surface area (Å²) < 4.78 is 0. The van der Waals surface area contributed by atoms with Gasteiger partial charge in [-0.05, 0) is 13.8 Å². The highest BCUT2D eigenvalue weighted by molar-refractivity contribution is 5.52. The van der Waals surface area contributed by atoms with Crippen LogP contribution in [0, 0.1) is 0 Å². The number of nitrogens with zero attached hydrogens (tertiary/aromatic N) is 2. The Kier molecular flexibility index (Phi) is 4.47. The summed E-state index contributed by atoms with van der Waals surface area (Å²) in [6.07, 6.45) is 0. The van der Waals surface area contributed by atoms with Crippen LogP contribution in [0.25, 0.3) is 0 Å². The van der Waals surface area contributed by atoms with Crippen molar-refractivity contribution >= 4 is 17.6 Å². The molecule has 0 bridgehead atoms. The number of hydrogen-bond donors (Lipinski definition) is 5. The summed E-state index contributed by atoms with van der Waals surface area (Å²) in [6.45, 7) is 3.90. The van der Waals surface area contributed by atoms with Gasteiger partial charge in [-0.3, -0.25) is 0 Å². The van der Waals surface area contributed by atoms with Gasteiger partial charge in [0.15, 0.2) is 0 Å². The summed E-state index contributed by atoms with van der Waals surface area (Å²) in [5, 5.41) is 24.3. The van der Waals surface area contributed by atoms with Crippen molar-refractivity contribution in [1.29, 1.82) is 0 Å². The quantitative estimate of drug-likeness (QED) is 0.462. The Labute approximate surface area is 100 Å². The van der Waals surface area contributed by atoms with Crippen LogP contribution in [0.5, 0.6) is 0 Å². The Morgan fingerprint density at radius 3 is 2.41 bits per heavy atom. The van der Waals surface area contributed by atoms with E-state index in [0.29, 0.717) is 18.2 Å². The first-order valence-corrected chi connectivity index (χ1v) is 5.41. The van der Waals surface area contributed by atoms with E-state index in [1.54, 1.807) is 13.0 Å². The molecule has 17 heavy (non-hydrogen) atoms. The monoisotopic (exact) mass is 241 g/mol. The molecule has 1 aromatic rings. The Morgan fingerprint density at radius 1 is 1.29 bits per heavy atom. The first kappa shape index (κ1) is 13.5. The summed E-state index contributed by atoms with van der Waals surface area (Å²) in [4.78, 5) is 7.99. The van der Waals surface area contributed by atoms with Crippen molar-refractivity contribution in [2.45, 2.75) is 19.4 Å². The number of aliphatic hydroxyl groups is 2. The maximum absolute atomic E-state index is 9.18. The summed E-state index contributed by atoms with van der Waals surface area (Å²) in [6, 6.07) is 1.67. The van der Waals surface area contributed by atoms with E-state index in [2.05, 4.69) is 20.6 Å². The topological polar surface area (TPSA) is 116 Å². The van der Waals surface area contributed by atoms with Crippen LogP contribution < -0.4 is 16.4 Å². The zero-order valence-corrected chi connectivity index (χ0v) is 10.1. The maximum atomic E-state index is 9.18. The average Bonchev–Trinajstić information content (AvgIpc) is 2.28. The van der Waals surface area contributed by atoms with Gasteiger partial charge in [-0.15, -0.1) is 0 Å². The minimum Gasteiger partial charge on any atom is -0.394 e. The fourth-order valence-corrected chi connectivity index (χ4v) is 1.24. The maximum Gasteiger partial charge on any atom is 0.223 e. The third kappa shape index (κ3) is 3.72. The van der Waals surface area contributed by atoms with Gasteiger partial charge in [0.1, 0.15) is 11.6 Å². The molecule has 1 aromatic heterocycles. The molecule has 0 amide bonds. The van der Waals surface area contributed by atoms with Crippen molar-refractivity contribution in [2.24, 2.45) is 0 Å². The predicted octanol–water partition coefficient (Wildman–Crippen LogP) is -0.354. The SMILES string of the molecule is CCNc1cc(NC(C)(CO)CO)nc(N)n1. The van der Waals surface area contributed by atoms with Crippen LogP contribution >= 0.6 is 0 Å². The second-order valence-electron chi connectivity index (χ2n) is 4.03. The number of aliphatic hydroxyl groups excluding tert-OH is 2. The molecule has 0 saturated heterocycles. The fraction of sp³-hybridized carbons (Fsp3) is 0.600. The highest BCUT2D eigenvalue weighted by atomic mass is 16.3. The van der Waals surface area contributed by atoms with Crippen LogP contribution in [-0.2, 0) is 0 Å². The van der Waals surface area contributed by atoms with E-state index in [1.165, 1.54) is 0 Å². The van der Waals surface area contributed by atoms with Gasteiger partial charge >= 0.3 is 0 Å². The van der Waals surface area contributed by atoms with Gasteiger partial charge < -0.3 is 26.6 Å². The molecule has 0 saturated carbocycles. The van der Waals surface area contributed by atoms with Gasteiger partial charge in [0.2, 0.25) is 5.95 Å². The van der Waals surface area contributed by atoms with Gasteiger partial charge in [-0.1, -0.05) is 0 Å². The molecule has 7 nitrogen and oxygen atoms in total. The van der Waals surface area contributed by atoms with Gasteiger partial charge in [0, 0.05) is 12.6 Å². The van der Waals surface area contributed by atoms with E-state index >= 15 is 0 Å². The van der Waals surface area contributed by atoms with Crippen molar-refractivity contribution in [2.75, 3.05) is 36.1 Å². The third-order valence-corrected chi connectivity index (χ3v) is 2.23. The van der Waals surface area contributed by atoms with Crippen LogP contribution in [0.1, 0.15) is 13.8 Å². The molecule has 0 fully saturated rings. The Hall–Kier alpha value is -1.60. The molecule has 0 aliphatic rings. The highest BCUT2D eigenvalue weighted by Crippen LogP contribution is 2.16. The summed E-state index contributed by atoms with van der Waals surface area (Å²) in [5.41, 5.74) is 4.72. The van der Waals surface area contributed by atoms with Crippen molar-refractivity contribution in [3.63, 3.8) is 0 Å². The molecule has 0 aliphatic carbocycles. The standard InChI is InChI=1S/C10H19N5O2/c1-3-12-7-4-8(14-9(11)13-7)15-10(2,5-16)6-17/h4,16-17H,3,5-6H2,1-2H3,(H4,11,12,13,14,15). The Balaban J connectivity index is 2.90. The minimum atomic E-state index is -0.843. The van der Waals surface area contributed by atoms with Gasteiger partial charge in [0.05, 0.1) is 18.8 Å². The zero-order chi connectivity index (χ0) is 12.9. The number of nitrogen functional groups attached to an aromatic ring is 1. The minimum absolute atomic E-state index is 0.129. The van der Waals surface area contributed by atoms with Crippen LogP contribution in [0.15, 0.2) is 6.07 Å². The molecule has 0 atom stereocenters. The van der Waals surface area contributed by atoms with Crippen molar-refractivity contribution in [3.8, 4) is 0 Å². The van der Waals surface area contributed by atoms with E-state index < -0.39 is 5.54 Å². The summed E-state index contributed by atoms with van der Waals surface area (Å²) >= 11 is 0. The second-order valence-corrected chi connectivity index (χ2v) is 4.03. The largest absolute Gasteiger partial charge is 0.394 e. The van der Waals surface area contributed by atoms with Crippen molar-refractivity contribution in [3.05, 3.63) is 6.07 Å². The third-order valence-electron chi connectivity index (χ3n) is 2.23. The smallest absolute Gasteiger partial charge is 0.223 e. The molecular formula is C10H19N5O2. The molecule has 0 unspecified atom stereocenters. The first-order valence-electron chi connectivity index (χ1n) is 5.41. The van der Waals surface area contributed by atoms with Gasteiger partial charge in [-0.25, -0.2) is 0 Å². The molecule has 7 heteroatoms. The Morgan fingerprint density at radius 2 is 1.88 bits per heavy atom. The number of anilines is 3. The number of hydrogen-bond acceptors (Lipinski definition) is 7. The summed E-state index contributed by atoms with van der Waals surface area (Å²) in [5.74, 6) is 1.18. The van der Waals surface area contributed by atoms with E-state index in [4.69, 9.17) is 5.73 Å². The predicted molar refractivity (Wildman–Crippen MR) is 66.8 cm³/mol. The molecule has 0 aromatic carbocycles. The number of nitrogens with two attached hydrogens (primary N) is 1. The van der Waals surface area contributed by atoms with Crippen LogP contribution in [0.4, 0.5) is 17.6 Å². The fourth-order valence-electron chi connectivity index (χ4n) is 1.24. The van der Waals surface area contributed by atoms with Crippen LogP contribution in [0.2, 0.25) is 0 Å². The van der Waals surface area contributed by atoms with E-state index in [1.807, 2.05) is 6.92 Å². The van der Waals surface area contributed by atoms with E-state index in [-0.39, 0.29) is 19.2 Å². The van der Waals surface area contributed by atoms with E-state index in [9.17, 15) is 10.2 Å². The van der Waals surface area contributed by atoms with Gasteiger partial charge in [0.25, 0.3) is 0 Å². The van der Waals surface area contributed by atoms with Crippen LogP contribution in [-0.4, -0.2) is 45.5 Å². The van der Waals surface area contributed by atoms with Crippen molar-refractivity contribution in [1.82, 2.24) is 9.97 Å². The highest BCUT2D eigenvalue weighted by Gasteiger charge is 2.22. The Bertz CT molecular complexity index is 368. The average molecular weight is 241 g/mol. The molecule has 0 spiro atoms. The number of rotatable bonds is 6. The lowest BCUT2D eigenvalue weighted by Gasteiger charge is -2.26. The molecule has 96 valence electrons. The zero-order valence-electron chi connectivity index (χ0n) is 10.1. The molecular weight excluding hydrogens is 222 g/mol. The molecule has 0 radical (unpaired) electrons. The molecule has 1 rings (SSSR count).